The van der Waals surface area contributed by atoms with E-state index in [4.69, 9.17) is 5.73 Å². The molecule has 78 valence electrons. The molecule has 13 heavy (non-hydrogen) atoms. The van der Waals surface area contributed by atoms with Gasteiger partial charge in [-0.25, -0.2) is 0 Å². The van der Waals surface area contributed by atoms with Gasteiger partial charge in [-0.1, -0.05) is 13.3 Å². The maximum Gasteiger partial charge on any atom is 0.0592 e. The molecule has 0 saturated carbocycles. The highest BCUT2D eigenvalue weighted by Gasteiger charge is 2.26. The molecule has 0 aliphatic carbocycles. The molecule has 3 nitrogen and oxygen atoms in total. The molecule has 1 saturated heterocycles. The van der Waals surface area contributed by atoms with E-state index in [2.05, 4.69) is 11.8 Å². The quantitative estimate of drug-likeness (QED) is 0.669. The van der Waals surface area contributed by atoms with Gasteiger partial charge in [-0.3, -0.25) is 0 Å². The molecule has 0 bridgehead atoms. The minimum atomic E-state index is -0.0750. The Morgan fingerprint density at radius 3 is 2.92 bits per heavy atom. The average Bonchev–Trinajstić information content (AvgIpc) is 2.12. The van der Waals surface area contributed by atoms with Crippen molar-refractivity contribution < 1.29 is 5.11 Å². The molecule has 1 heterocycles. The number of nitrogens with zero attached hydrogens (tertiary/aromatic N) is 1. The summed E-state index contributed by atoms with van der Waals surface area (Å²) in [6, 6.07) is 0. The summed E-state index contributed by atoms with van der Waals surface area (Å²) in [4.78, 5) is 2.37. The Labute approximate surface area is 80.9 Å². The molecule has 1 rings (SSSR count). The Morgan fingerprint density at radius 2 is 2.31 bits per heavy atom. The highest BCUT2D eigenvalue weighted by atomic mass is 16.3. The van der Waals surface area contributed by atoms with Gasteiger partial charge in [-0.05, 0) is 18.8 Å². The monoisotopic (exact) mass is 186 g/mol. The smallest absolute Gasteiger partial charge is 0.0592 e. The molecular formula is C10H22N2O. The van der Waals surface area contributed by atoms with E-state index in [-0.39, 0.29) is 6.10 Å². The van der Waals surface area contributed by atoms with Crippen molar-refractivity contribution in [1.29, 1.82) is 0 Å². The van der Waals surface area contributed by atoms with E-state index in [1.54, 1.807) is 0 Å². The molecule has 0 aromatic carbocycles. The Bertz CT molecular complexity index is 141. The van der Waals surface area contributed by atoms with E-state index >= 15 is 0 Å². The fraction of sp³-hybridized carbons (Fsp3) is 1.00. The second-order valence-corrected chi connectivity index (χ2v) is 3.99. The summed E-state index contributed by atoms with van der Waals surface area (Å²) in [5, 5.41) is 9.73. The number of piperidine rings is 1. The van der Waals surface area contributed by atoms with Gasteiger partial charge in [0.1, 0.15) is 0 Å². The minimum Gasteiger partial charge on any atom is -0.393 e. The van der Waals surface area contributed by atoms with Gasteiger partial charge >= 0.3 is 0 Å². The van der Waals surface area contributed by atoms with Gasteiger partial charge in [0.15, 0.2) is 0 Å². The fourth-order valence-corrected chi connectivity index (χ4v) is 2.14. The van der Waals surface area contributed by atoms with Gasteiger partial charge in [0.2, 0.25) is 0 Å². The molecule has 0 spiro atoms. The van der Waals surface area contributed by atoms with E-state index in [1.165, 1.54) is 0 Å². The van der Waals surface area contributed by atoms with Crippen molar-refractivity contribution in [3.8, 4) is 0 Å². The van der Waals surface area contributed by atoms with Gasteiger partial charge in [0.25, 0.3) is 0 Å². The summed E-state index contributed by atoms with van der Waals surface area (Å²) in [6.07, 6.45) is 3.15. The van der Waals surface area contributed by atoms with Crippen LogP contribution in [0.5, 0.6) is 0 Å². The largest absolute Gasteiger partial charge is 0.393 e. The molecule has 1 aliphatic heterocycles. The van der Waals surface area contributed by atoms with E-state index < -0.39 is 0 Å². The molecule has 0 aromatic heterocycles. The van der Waals surface area contributed by atoms with Crippen LogP contribution in [-0.2, 0) is 0 Å². The molecule has 0 unspecified atom stereocenters. The number of aliphatic hydroxyl groups is 1. The highest BCUT2D eigenvalue weighted by Crippen LogP contribution is 2.20. The van der Waals surface area contributed by atoms with Crippen LogP contribution < -0.4 is 5.73 Å². The zero-order chi connectivity index (χ0) is 9.68. The summed E-state index contributed by atoms with van der Waals surface area (Å²) in [5.41, 5.74) is 5.51. The first-order chi connectivity index (χ1) is 6.27. The molecule has 2 atom stereocenters. The van der Waals surface area contributed by atoms with Crippen molar-refractivity contribution >= 4 is 0 Å². The maximum absolute atomic E-state index is 9.73. The summed E-state index contributed by atoms with van der Waals surface area (Å²) in [5.74, 6) is 0.477. The summed E-state index contributed by atoms with van der Waals surface area (Å²) in [6.45, 7) is 5.93. The third-order valence-corrected chi connectivity index (χ3v) is 2.88. The number of hydrogen-bond acceptors (Lipinski definition) is 3. The van der Waals surface area contributed by atoms with Crippen molar-refractivity contribution in [2.75, 3.05) is 26.2 Å². The van der Waals surface area contributed by atoms with Crippen LogP contribution in [0.1, 0.15) is 26.2 Å². The number of rotatable bonds is 4. The third-order valence-electron chi connectivity index (χ3n) is 2.88. The molecule has 1 aliphatic rings. The minimum absolute atomic E-state index is 0.0750. The fourth-order valence-electron chi connectivity index (χ4n) is 2.14. The van der Waals surface area contributed by atoms with Crippen LogP contribution in [0.4, 0.5) is 0 Å². The Balaban J connectivity index is 2.33. The average molecular weight is 186 g/mol. The zero-order valence-electron chi connectivity index (χ0n) is 8.58. The number of nitrogens with two attached hydrogens (primary N) is 1. The molecule has 0 aromatic rings. The van der Waals surface area contributed by atoms with Gasteiger partial charge in [-0.2, -0.15) is 0 Å². The van der Waals surface area contributed by atoms with Crippen LogP contribution in [0.15, 0.2) is 0 Å². The van der Waals surface area contributed by atoms with Crippen molar-refractivity contribution in [2.24, 2.45) is 11.7 Å². The second kappa shape index (κ2) is 5.58. The van der Waals surface area contributed by atoms with Crippen molar-refractivity contribution in [3.63, 3.8) is 0 Å². The van der Waals surface area contributed by atoms with Crippen LogP contribution >= 0.6 is 0 Å². The first kappa shape index (κ1) is 11.0. The van der Waals surface area contributed by atoms with Crippen molar-refractivity contribution in [3.05, 3.63) is 0 Å². The van der Waals surface area contributed by atoms with Crippen molar-refractivity contribution in [2.45, 2.75) is 32.3 Å². The predicted octanol–water partition coefficient (Wildman–Crippen LogP) is 0.428. The van der Waals surface area contributed by atoms with Gasteiger partial charge < -0.3 is 15.7 Å². The lowest BCUT2D eigenvalue weighted by Crippen LogP contribution is -2.44. The SMILES string of the molecule is CCC[C@H]1CN(CCN)CC[C@@H]1O. The van der Waals surface area contributed by atoms with Crippen LogP contribution in [0.2, 0.25) is 0 Å². The lowest BCUT2D eigenvalue weighted by atomic mass is 9.91. The third kappa shape index (κ3) is 3.25. The molecule has 3 N–H and O–H groups in total. The molecule has 0 amide bonds. The van der Waals surface area contributed by atoms with E-state index in [0.29, 0.717) is 5.92 Å². The van der Waals surface area contributed by atoms with E-state index in [9.17, 15) is 5.11 Å². The summed E-state index contributed by atoms with van der Waals surface area (Å²) < 4.78 is 0. The van der Waals surface area contributed by atoms with Crippen LogP contribution in [0, 0.1) is 5.92 Å². The van der Waals surface area contributed by atoms with Gasteiger partial charge in [0, 0.05) is 26.2 Å². The van der Waals surface area contributed by atoms with Gasteiger partial charge in [0.05, 0.1) is 6.10 Å². The topological polar surface area (TPSA) is 49.5 Å². The lowest BCUT2D eigenvalue weighted by Gasteiger charge is -2.35. The number of likely N-dealkylation sites (tertiary alicyclic amines) is 1. The van der Waals surface area contributed by atoms with Crippen molar-refractivity contribution in [1.82, 2.24) is 4.90 Å². The van der Waals surface area contributed by atoms with Crippen LogP contribution in [-0.4, -0.2) is 42.3 Å². The van der Waals surface area contributed by atoms with Gasteiger partial charge in [-0.15, -0.1) is 0 Å². The highest BCUT2D eigenvalue weighted by molar-refractivity contribution is 4.79. The van der Waals surface area contributed by atoms with E-state index in [0.717, 1.165) is 45.4 Å². The van der Waals surface area contributed by atoms with E-state index in [1.807, 2.05) is 0 Å². The number of aliphatic hydroxyl groups excluding tert-OH is 1. The molecule has 1 fully saturated rings. The normalized spacial score (nSPS) is 30.7. The molecule has 0 radical (unpaired) electrons. The molecule has 3 heteroatoms. The Hall–Kier alpha value is -0.120. The van der Waals surface area contributed by atoms with Crippen LogP contribution in [0.3, 0.4) is 0 Å². The first-order valence-corrected chi connectivity index (χ1v) is 5.38. The second-order valence-electron chi connectivity index (χ2n) is 3.99. The maximum atomic E-state index is 9.73. The lowest BCUT2D eigenvalue weighted by molar-refractivity contribution is 0.0239. The first-order valence-electron chi connectivity index (χ1n) is 5.38. The summed E-state index contributed by atoms with van der Waals surface area (Å²) >= 11 is 0. The number of hydrogen-bond donors (Lipinski definition) is 2. The standard InChI is InChI=1S/C10H22N2O/c1-2-3-9-8-12(7-5-11)6-4-10(9)13/h9-10,13H,2-8,11H2,1H3/t9-,10-/m0/s1. The predicted molar refractivity (Wildman–Crippen MR) is 54.5 cm³/mol. The Morgan fingerprint density at radius 1 is 1.54 bits per heavy atom. The molecular weight excluding hydrogens is 164 g/mol. The Kier molecular flexibility index (Phi) is 4.70. The zero-order valence-corrected chi connectivity index (χ0v) is 8.58. The summed E-state index contributed by atoms with van der Waals surface area (Å²) in [7, 11) is 0. The van der Waals surface area contributed by atoms with Crippen LogP contribution in [0.25, 0.3) is 0 Å².